The summed E-state index contributed by atoms with van der Waals surface area (Å²) < 4.78 is 10.9. The average Bonchev–Trinajstić information content (AvgIpc) is 2.67. The van der Waals surface area contributed by atoms with E-state index in [4.69, 9.17) is 55.7 Å². The Hall–Kier alpha value is -1.79. The van der Waals surface area contributed by atoms with E-state index in [1.165, 1.54) is 24.3 Å². The number of rotatable bonds is 6. The van der Waals surface area contributed by atoms with E-state index in [-0.39, 0.29) is 32.1 Å². The third-order valence-corrected chi connectivity index (χ3v) is 5.89. The minimum Gasteiger partial charge on any atom is -0.415 e. The van der Waals surface area contributed by atoms with Crippen molar-refractivity contribution in [3.63, 3.8) is 0 Å². The Kier molecular flexibility index (Phi) is 7.06. The molecule has 0 fully saturated rings. The first-order valence-electron chi connectivity index (χ1n) is 8.07. The fraction of sp³-hybridized carbons (Fsp3) is 0. The summed E-state index contributed by atoms with van der Waals surface area (Å²) in [6, 6.07) is 17.9. The van der Waals surface area contributed by atoms with Gasteiger partial charge in [-0.2, -0.15) is 0 Å². The highest BCUT2D eigenvalue weighted by Gasteiger charge is 2.24. The van der Waals surface area contributed by atoms with Crippen LogP contribution in [-0.2, 0) is 11.8 Å². The minimum atomic E-state index is -3.88. The Balaban J connectivity index is 1.82. The Morgan fingerprint density at radius 3 is 2.17 bits per heavy atom. The largest absolute Gasteiger partial charge is 0.432 e. The molecule has 3 rings (SSSR count). The van der Waals surface area contributed by atoms with Crippen LogP contribution in [0.1, 0.15) is 10.4 Å². The lowest BCUT2D eigenvalue weighted by atomic mass is 10.2. The molecule has 29 heavy (non-hydrogen) atoms. The van der Waals surface area contributed by atoms with Gasteiger partial charge in [0.15, 0.2) is 0 Å². The highest BCUT2D eigenvalue weighted by atomic mass is 35.5. The summed E-state index contributed by atoms with van der Waals surface area (Å²) in [4.78, 5) is 23.1. The van der Waals surface area contributed by atoms with Crippen molar-refractivity contribution in [2.24, 2.45) is 0 Å². The standard InChI is InChI=1S/C19H13Cl3NO4PS/c20-14-10-16(22)18(11-15(14)21)27-28(25,29)26-17-9-5-4-8-13(17)19(24)23-12-6-2-1-3-7-12/h1-11H,(H,23,24)(H,25,29). The molecule has 3 aromatic carbocycles. The Labute approximate surface area is 187 Å². The van der Waals surface area contributed by atoms with Crippen LogP contribution in [0.2, 0.25) is 15.1 Å². The van der Waals surface area contributed by atoms with E-state index in [9.17, 15) is 9.69 Å². The molecule has 0 saturated heterocycles. The second kappa shape index (κ2) is 9.35. The average molecular weight is 489 g/mol. The molecule has 0 bridgehead atoms. The molecule has 150 valence electrons. The van der Waals surface area contributed by atoms with Gasteiger partial charge < -0.3 is 19.3 Å². The zero-order valence-electron chi connectivity index (χ0n) is 14.5. The van der Waals surface area contributed by atoms with Gasteiger partial charge in [0.2, 0.25) is 0 Å². The highest BCUT2D eigenvalue weighted by molar-refractivity contribution is 8.07. The number of para-hydroxylation sites is 2. The molecular weight excluding hydrogens is 476 g/mol. The van der Waals surface area contributed by atoms with Gasteiger partial charge in [-0.3, -0.25) is 4.79 Å². The molecule has 1 atom stereocenters. The summed E-state index contributed by atoms with van der Waals surface area (Å²) in [5.41, 5.74) is 0.776. The van der Waals surface area contributed by atoms with Crippen molar-refractivity contribution in [3.8, 4) is 11.5 Å². The van der Waals surface area contributed by atoms with Crippen molar-refractivity contribution >= 4 is 64.9 Å². The molecule has 1 unspecified atom stereocenters. The smallest absolute Gasteiger partial charge is 0.415 e. The van der Waals surface area contributed by atoms with E-state index in [2.05, 4.69) is 5.32 Å². The first-order valence-corrected chi connectivity index (χ1v) is 11.8. The lowest BCUT2D eigenvalue weighted by Crippen LogP contribution is -2.13. The van der Waals surface area contributed by atoms with Crippen LogP contribution in [0.15, 0.2) is 66.7 Å². The topological polar surface area (TPSA) is 67.8 Å². The number of benzene rings is 3. The summed E-state index contributed by atoms with van der Waals surface area (Å²) in [6.07, 6.45) is 0. The Bertz CT molecular complexity index is 1100. The van der Waals surface area contributed by atoms with Gasteiger partial charge in [-0.1, -0.05) is 65.1 Å². The second-order valence-corrected chi connectivity index (χ2v) is 9.57. The molecule has 0 aromatic heterocycles. The molecule has 1 amide bonds. The molecule has 0 radical (unpaired) electrons. The Morgan fingerprint density at radius 1 is 0.862 bits per heavy atom. The predicted molar refractivity (Wildman–Crippen MR) is 120 cm³/mol. The van der Waals surface area contributed by atoms with Crippen LogP contribution in [0.25, 0.3) is 0 Å². The van der Waals surface area contributed by atoms with E-state index in [0.717, 1.165) is 0 Å². The zero-order chi connectivity index (χ0) is 21.0. The summed E-state index contributed by atoms with van der Waals surface area (Å²) in [5.74, 6) is -0.365. The third kappa shape index (κ3) is 5.86. The van der Waals surface area contributed by atoms with Gasteiger partial charge in [0.1, 0.15) is 11.5 Å². The number of halogens is 3. The Morgan fingerprint density at radius 2 is 1.45 bits per heavy atom. The van der Waals surface area contributed by atoms with Gasteiger partial charge >= 0.3 is 6.72 Å². The van der Waals surface area contributed by atoms with Gasteiger partial charge in [0, 0.05) is 23.6 Å². The van der Waals surface area contributed by atoms with Crippen molar-refractivity contribution in [2.75, 3.05) is 5.32 Å². The molecule has 10 heteroatoms. The molecule has 0 aliphatic carbocycles. The van der Waals surface area contributed by atoms with Crippen molar-refractivity contribution in [2.45, 2.75) is 0 Å². The molecule has 0 saturated carbocycles. The minimum absolute atomic E-state index is 0.0121. The van der Waals surface area contributed by atoms with Gasteiger partial charge in [0.25, 0.3) is 5.91 Å². The molecular formula is C19H13Cl3NO4PS. The number of hydrogen-bond donors (Lipinski definition) is 2. The monoisotopic (exact) mass is 487 g/mol. The molecule has 2 N–H and O–H groups in total. The van der Waals surface area contributed by atoms with Crippen molar-refractivity contribution in [1.82, 2.24) is 0 Å². The van der Waals surface area contributed by atoms with Crippen molar-refractivity contribution in [3.05, 3.63) is 87.4 Å². The molecule has 5 nitrogen and oxygen atoms in total. The van der Waals surface area contributed by atoms with Crippen LogP contribution in [-0.4, -0.2) is 10.8 Å². The van der Waals surface area contributed by atoms with Crippen LogP contribution in [0.4, 0.5) is 5.69 Å². The fourth-order valence-corrected chi connectivity index (χ4v) is 4.25. The lowest BCUT2D eigenvalue weighted by Gasteiger charge is -2.20. The molecule has 0 aliphatic heterocycles. The van der Waals surface area contributed by atoms with E-state index in [0.29, 0.717) is 5.69 Å². The normalized spacial score (nSPS) is 12.7. The summed E-state index contributed by atoms with van der Waals surface area (Å²) >= 11 is 23.0. The highest BCUT2D eigenvalue weighted by Crippen LogP contribution is 2.48. The number of anilines is 1. The van der Waals surface area contributed by atoms with E-state index in [1.807, 2.05) is 6.07 Å². The first-order chi connectivity index (χ1) is 13.7. The van der Waals surface area contributed by atoms with Gasteiger partial charge in [-0.05, 0) is 30.3 Å². The van der Waals surface area contributed by atoms with Crippen LogP contribution < -0.4 is 14.4 Å². The maximum absolute atomic E-state index is 12.6. The van der Waals surface area contributed by atoms with Crippen molar-refractivity contribution in [1.29, 1.82) is 0 Å². The van der Waals surface area contributed by atoms with Crippen LogP contribution in [0, 0.1) is 0 Å². The molecule has 0 heterocycles. The second-order valence-electron chi connectivity index (χ2n) is 5.66. The molecule has 3 aromatic rings. The number of nitrogens with one attached hydrogen (secondary N) is 1. The predicted octanol–water partition coefficient (Wildman–Crippen LogP) is 6.57. The van der Waals surface area contributed by atoms with Crippen LogP contribution in [0.5, 0.6) is 11.5 Å². The summed E-state index contributed by atoms with van der Waals surface area (Å²) in [7, 11) is 0. The summed E-state index contributed by atoms with van der Waals surface area (Å²) in [5, 5.41) is 3.23. The van der Waals surface area contributed by atoms with Gasteiger partial charge in [-0.15, -0.1) is 0 Å². The van der Waals surface area contributed by atoms with Crippen molar-refractivity contribution < 1.29 is 18.7 Å². The van der Waals surface area contributed by atoms with E-state index < -0.39 is 12.6 Å². The molecule has 0 spiro atoms. The SMILES string of the molecule is O=C(Nc1ccccc1)c1ccccc1OP(O)(=S)Oc1cc(Cl)c(Cl)cc1Cl. The number of carbonyl (C=O) groups excluding carboxylic acids is 1. The van der Waals surface area contributed by atoms with E-state index >= 15 is 0 Å². The van der Waals surface area contributed by atoms with Gasteiger partial charge in [0.05, 0.1) is 20.6 Å². The quantitative estimate of drug-likeness (QED) is 0.303. The zero-order valence-corrected chi connectivity index (χ0v) is 18.5. The maximum Gasteiger partial charge on any atom is 0.432 e. The van der Waals surface area contributed by atoms with Crippen LogP contribution >= 0.6 is 41.5 Å². The third-order valence-electron chi connectivity index (χ3n) is 3.57. The number of amides is 1. The van der Waals surface area contributed by atoms with E-state index in [1.54, 1.807) is 36.4 Å². The van der Waals surface area contributed by atoms with Gasteiger partial charge in [-0.25, -0.2) is 0 Å². The lowest BCUT2D eigenvalue weighted by molar-refractivity contribution is 0.102. The molecule has 0 aliphatic rings. The number of hydrogen-bond acceptors (Lipinski definition) is 4. The first kappa shape index (κ1) is 21.9. The van der Waals surface area contributed by atoms with Crippen LogP contribution in [0.3, 0.4) is 0 Å². The fourth-order valence-electron chi connectivity index (χ4n) is 2.30. The summed E-state index contributed by atoms with van der Waals surface area (Å²) in [6.45, 7) is -3.88. The number of carbonyl (C=O) groups is 1. The maximum atomic E-state index is 12.6.